The van der Waals surface area contributed by atoms with Gasteiger partial charge in [0, 0.05) is 34.1 Å². The Morgan fingerprint density at radius 3 is 1.72 bits per heavy atom. The zero-order valence-corrected chi connectivity index (χ0v) is 36.5. The summed E-state index contributed by atoms with van der Waals surface area (Å²) in [5.74, 6) is -5.53. The van der Waals surface area contributed by atoms with Crippen LogP contribution in [0.2, 0.25) is 0 Å². The number of likely N-dealkylation sites (N-methyl/N-ethyl adjacent to an activating group) is 4. The number of carboxylic acids is 1. The predicted octanol–water partition coefficient (Wildman–Crippen LogP) is 2.28. The van der Waals surface area contributed by atoms with Gasteiger partial charge >= 0.3 is 12.1 Å². The van der Waals surface area contributed by atoms with Gasteiger partial charge in [0.2, 0.25) is 35.4 Å². The molecule has 0 saturated carbocycles. The molecule has 4 N–H and O–H groups in total. The minimum Gasteiger partial charge on any atom is -0.480 e. The Morgan fingerprint density at radius 2 is 1.20 bits per heavy atom. The predicted molar refractivity (Wildman–Crippen MR) is 223 cm³/mol. The standard InChI is InChI=1S/C43H61N7O10/c1-24(2)20-34(46-39(55)28(7)49(10)43(59)60-23-33-31-18-14-12-16-29(31)30-17-13-15-19-32(30)33)42(58)47(8)22-35(51)48(9)27(6)38(54)45-26(5)41(57)50(11)37(25(3)4)40(56)44-21-36(52)53/h12-19,24-28,33-34,37H,20-23H2,1-11H3,(H,44,56)(H,45,54)(H,46,55)(H,52,53)/t26-,27-,28-,34-,37-/m0/s1. The van der Waals surface area contributed by atoms with Gasteiger partial charge in [0.15, 0.2) is 0 Å². The number of hydrogen-bond acceptors (Lipinski definition) is 9. The van der Waals surface area contributed by atoms with Crippen molar-refractivity contribution >= 4 is 47.5 Å². The second kappa shape index (κ2) is 21.3. The van der Waals surface area contributed by atoms with Gasteiger partial charge in [0.1, 0.15) is 43.4 Å². The quantitative estimate of drug-likeness (QED) is 0.162. The second-order valence-electron chi connectivity index (χ2n) is 16.1. The van der Waals surface area contributed by atoms with Gasteiger partial charge in [-0.25, -0.2) is 4.79 Å². The van der Waals surface area contributed by atoms with Crippen LogP contribution in [-0.4, -0.2) is 150 Å². The maximum Gasteiger partial charge on any atom is 0.410 e. The van der Waals surface area contributed by atoms with E-state index >= 15 is 0 Å². The molecule has 60 heavy (non-hydrogen) atoms. The number of nitrogens with one attached hydrogen (secondary N) is 3. The van der Waals surface area contributed by atoms with Crippen molar-refractivity contribution in [1.29, 1.82) is 0 Å². The molecule has 1 aliphatic rings. The Bertz CT molecular complexity index is 1870. The van der Waals surface area contributed by atoms with Crippen LogP contribution in [0.25, 0.3) is 11.1 Å². The van der Waals surface area contributed by atoms with E-state index in [1.54, 1.807) is 13.8 Å². The Morgan fingerprint density at radius 1 is 0.683 bits per heavy atom. The third kappa shape index (κ3) is 12.0. The number of benzene rings is 2. The van der Waals surface area contributed by atoms with E-state index in [1.165, 1.54) is 53.9 Å². The lowest BCUT2D eigenvalue weighted by Crippen LogP contribution is -2.58. The topological polar surface area (TPSA) is 215 Å². The smallest absolute Gasteiger partial charge is 0.410 e. The molecule has 0 bridgehead atoms. The number of rotatable bonds is 19. The summed E-state index contributed by atoms with van der Waals surface area (Å²) >= 11 is 0. The van der Waals surface area contributed by atoms with Gasteiger partial charge in [-0.15, -0.1) is 0 Å². The lowest BCUT2D eigenvalue weighted by molar-refractivity contribution is -0.146. The molecule has 5 atom stereocenters. The molecule has 0 heterocycles. The van der Waals surface area contributed by atoms with Gasteiger partial charge in [0.05, 0.1) is 6.54 Å². The van der Waals surface area contributed by atoms with E-state index in [9.17, 15) is 38.4 Å². The zero-order chi connectivity index (χ0) is 45.2. The number of carboxylic acid groups (broad SMARTS) is 1. The van der Waals surface area contributed by atoms with Crippen molar-refractivity contribution in [2.45, 2.75) is 91.0 Å². The lowest BCUT2D eigenvalue weighted by atomic mass is 9.98. The van der Waals surface area contributed by atoms with E-state index in [4.69, 9.17) is 9.84 Å². The second-order valence-corrected chi connectivity index (χ2v) is 16.1. The van der Waals surface area contributed by atoms with Gasteiger partial charge in [-0.1, -0.05) is 76.2 Å². The first-order chi connectivity index (χ1) is 28.1. The Hall–Kier alpha value is -6.00. The molecule has 0 spiro atoms. The molecular weight excluding hydrogens is 775 g/mol. The fraction of sp³-hybridized carbons (Fsp3) is 0.535. The number of aliphatic carboxylic acids is 1. The summed E-state index contributed by atoms with van der Waals surface area (Å²) < 4.78 is 5.73. The molecule has 7 amide bonds. The third-order valence-corrected chi connectivity index (χ3v) is 10.8. The molecule has 0 radical (unpaired) electrons. The van der Waals surface area contributed by atoms with Crippen LogP contribution < -0.4 is 16.0 Å². The van der Waals surface area contributed by atoms with Crippen LogP contribution in [0.5, 0.6) is 0 Å². The summed E-state index contributed by atoms with van der Waals surface area (Å²) in [5.41, 5.74) is 4.26. The first kappa shape index (κ1) is 48.4. The van der Waals surface area contributed by atoms with E-state index < -0.39 is 90.8 Å². The largest absolute Gasteiger partial charge is 0.480 e. The van der Waals surface area contributed by atoms with Crippen molar-refractivity contribution in [3.8, 4) is 11.1 Å². The summed E-state index contributed by atoms with van der Waals surface area (Å²) in [4.78, 5) is 108. The normalized spacial score (nSPS) is 14.3. The minimum absolute atomic E-state index is 0.0383. The van der Waals surface area contributed by atoms with Crippen molar-refractivity contribution in [3.05, 3.63) is 59.7 Å². The fourth-order valence-electron chi connectivity index (χ4n) is 7.10. The maximum absolute atomic E-state index is 13.7. The van der Waals surface area contributed by atoms with Crippen LogP contribution in [-0.2, 0) is 38.3 Å². The molecule has 1 aliphatic carbocycles. The van der Waals surface area contributed by atoms with Gasteiger partial charge in [-0.05, 0) is 61.3 Å². The molecule has 3 rings (SSSR count). The molecule has 2 aromatic carbocycles. The molecule has 0 unspecified atom stereocenters. The number of carbonyl (C=O) groups excluding carboxylic acids is 7. The van der Waals surface area contributed by atoms with Crippen molar-refractivity contribution in [2.75, 3.05) is 47.9 Å². The number of hydrogen-bond donors (Lipinski definition) is 4. The molecule has 2 aromatic rings. The van der Waals surface area contributed by atoms with Crippen LogP contribution in [0, 0.1) is 11.8 Å². The molecule has 0 fully saturated rings. The molecule has 0 aliphatic heterocycles. The summed E-state index contributed by atoms with van der Waals surface area (Å²) in [6.45, 7) is 10.5. The molecule has 17 nitrogen and oxygen atoms in total. The van der Waals surface area contributed by atoms with E-state index in [1.807, 2.05) is 62.4 Å². The van der Waals surface area contributed by atoms with Crippen LogP contribution in [0.4, 0.5) is 4.79 Å². The molecule has 328 valence electrons. The van der Waals surface area contributed by atoms with Crippen molar-refractivity contribution in [3.63, 3.8) is 0 Å². The summed E-state index contributed by atoms with van der Waals surface area (Å²) in [5, 5.41) is 16.5. The number of carbonyl (C=O) groups is 8. The minimum atomic E-state index is -1.24. The summed E-state index contributed by atoms with van der Waals surface area (Å²) in [6.07, 6.45) is -0.473. The first-order valence-corrected chi connectivity index (χ1v) is 20.0. The highest BCUT2D eigenvalue weighted by Crippen LogP contribution is 2.44. The lowest BCUT2D eigenvalue weighted by Gasteiger charge is -2.33. The van der Waals surface area contributed by atoms with Gasteiger partial charge in [0.25, 0.3) is 0 Å². The average molecular weight is 836 g/mol. The molecule has 0 aromatic heterocycles. The molecule has 17 heteroatoms. The van der Waals surface area contributed by atoms with Crippen LogP contribution >= 0.6 is 0 Å². The summed E-state index contributed by atoms with van der Waals surface area (Å²) in [6, 6.07) is 10.6. The maximum atomic E-state index is 13.7. The average Bonchev–Trinajstić information content (AvgIpc) is 3.52. The van der Waals surface area contributed by atoms with Crippen LogP contribution in [0.1, 0.15) is 71.9 Å². The van der Waals surface area contributed by atoms with Crippen molar-refractivity contribution < 1.29 is 48.2 Å². The van der Waals surface area contributed by atoms with Crippen LogP contribution in [0.15, 0.2) is 48.5 Å². The van der Waals surface area contributed by atoms with E-state index in [0.29, 0.717) is 0 Å². The van der Waals surface area contributed by atoms with Crippen molar-refractivity contribution in [1.82, 2.24) is 35.6 Å². The monoisotopic (exact) mass is 835 g/mol. The van der Waals surface area contributed by atoms with Gasteiger partial charge in [-0.2, -0.15) is 0 Å². The van der Waals surface area contributed by atoms with Crippen molar-refractivity contribution in [2.24, 2.45) is 11.8 Å². The highest BCUT2D eigenvalue weighted by atomic mass is 16.6. The number of fused-ring (bicyclic) bond motifs is 3. The fourth-order valence-corrected chi connectivity index (χ4v) is 7.10. The van der Waals surface area contributed by atoms with E-state index in [0.717, 1.165) is 37.0 Å². The number of nitrogens with zero attached hydrogens (tertiary/aromatic N) is 4. The highest BCUT2D eigenvalue weighted by Gasteiger charge is 2.36. The molecule has 0 saturated heterocycles. The first-order valence-electron chi connectivity index (χ1n) is 20.0. The van der Waals surface area contributed by atoms with Gasteiger partial charge in [-0.3, -0.25) is 38.5 Å². The van der Waals surface area contributed by atoms with E-state index in [-0.39, 0.29) is 30.8 Å². The molecular formula is C43H61N7O10. The SMILES string of the molecule is CC(C)C[C@H](NC(=O)[C@H](C)N(C)C(=O)OCC1c2ccccc2-c2ccccc21)C(=O)N(C)CC(=O)N(C)[C@@H](C)C(=O)N[C@@H](C)C(=O)N(C)[C@H](C(=O)NCC(=O)O)C(C)C. The number of amides is 7. The Balaban J connectivity index is 1.58. The third-order valence-electron chi connectivity index (χ3n) is 10.8. The Kier molecular flexibility index (Phi) is 17.2. The summed E-state index contributed by atoms with van der Waals surface area (Å²) in [7, 11) is 5.60. The Labute approximate surface area is 352 Å². The van der Waals surface area contributed by atoms with Gasteiger partial charge < -0.3 is 40.5 Å². The van der Waals surface area contributed by atoms with Crippen LogP contribution in [0.3, 0.4) is 0 Å². The zero-order valence-electron chi connectivity index (χ0n) is 36.5. The number of ether oxygens (including phenoxy) is 1. The van der Waals surface area contributed by atoms with E-state index in [2.05, 4.69) is 16.0 Å². The highest BCUT2D eigenvalue weighted by molar-refractivity contribution is 5.96.